The van der Waals surface area contributed by atoms with Crippen LogP contribution in [0.2, 0.25) is 0 Å². The maximum Gasteiger partial charge on any atom is 0.190 e. The molecule has 0 saturated heterocycles. The first-order valence-electron chi connectivity index (χ1n) is 7.67. The van der Waals surface area contributed by atoms with E-state index in [2.05, 4.69) is 5.32 Å². The van der Waals surface area contributed by atoms with Crippen LogP contribution in [0, 0.1) is 0 Å². The summed E-state index contributed by atoms with van der Waals surface area (Å²) in [5.41, 5.74) is 2.48. The predicted octanol–water partition coefficient (Wildman–Crippen LogP) is 4.25. The van der Waals surface area contributed by atoms with Crippen molar-refractivity contribution < 1.29 is 4.79 Å². The lowest BCUT2D eigenvalue weighted by atomic mass is 9.98. The summed E-state index contributed by atoms with van der Waals surface area (Å²) in [6, 6.07) is 19.2. The summed E-state index contributed by atoms with van der Waals surface area (Å²) >= 11 is 5.47. The first kappa shape index (κ1) is 15.4. The fourth-order valence-electron chi connectivity index (χ4n) is 2.58. The van der Waals surface area contributed by atoms with E-state index in [0.717, 1.165) is 36.2 Å². The highest BCUT2D eigenvalue weighted by molar-refractivity contribution is 7.80. The van der Waals surface area contributed by atoms with Gasteiger partial charge in [-0.05, 0) is 37.2 Å². The van der Waals surface area contributed by atoms with E-state index in [4.69, 9.17) is 12.2 Å². The number of anilines is 1. The molecule has 23 heavy (non-hydrogen) atoms. The van der Waals surface area contributed by atoms with Gasteiger partial charge in [0.15, 0.2) is 10.9 Å². The Morgan fingerprint density at radius 2 is 1.65 bits per heavy atom. The molecule has 3 nitrogen and oxygen atoms in total. The van der Waals surface area contributed by atoms with Gasteiger partial charge in [0.05, 0.1) is 0 Å². The zero-order valence-electron chi connectivity index (χ0n) is 12.7. The summed E-state index contributed by atoms with van der Waals surface area (Å²) in [6.45, 7) is 0.824. The van der Waals surface area contributed by atoms with E-state index in [0.29, 0.717) is 5.11 Å². The zero-order valence-corrected chi connectivity index (χ0v) is 13.6. The molecule has 116 valence electrons. The summed E-state index contributed by atoms with van der Waals surface area (Å²) < 4.78 is 0. The lowest BCUT2D eigenvalue weighted by Gasteiger charge is -2.27. The van der Waals surface area contributed by atoms with Gasteiger partial charge >= 0.3 is 0 Å². The molecule has 0 bridgehead atoms. The molecule has 0 saturated carbocycles. The third-order valence-electron chi connectivity index (χ3n) is 3.77. The molecule has 0 amide bonds. The quantitative estimate of drug-likeness (QED) is 0.676. The molecule has 1 heterocycles. The Morgan fingerprint density at radius 3 is 2.35 bits per heavy atom. The molecule has 0 atom stereocenters. The molecule has 0 unspecified atom stereocenters. The van der Waals surface area contributed by atoms with E-state index in [1.165, 1.54) is 0 Å². The Kier molecular flexibility index (Phi) is 4.83. The van der Waals surface area contributed by atoms with Crippen molar-refractivity contribution in [2.45, 2.75) is 12.8 Å². The van der Waals surface area contributed by atoms with E-state index in [1.54, 1.807) is 0 Å². The van der Waals surface area contributed by atoms with Crippen molar-refractivity contribution in [1.82, 2.24) is 4.90 Å². The van der Waals surface area contributed by atoms with E-state index < -0.39 is 0 Å². The molecule has 4 heteroatoms. The molecule has 2 aromatic rings. The first-order chi connectivity index (χ1) is 11.2. The average molecular weight is 322 g/mol. The van der Waals surface area contributed by atoms with Crippen molar-refractivity contribution in [3.8, 4) is 0 Å². The van der Waals surface area contributed by atoms with Crippen LogP contribution < -0.4 is 5.32 Å². The van der Waals surface area contributed by atoms with Gasteiger partial charge in [0.2, 0.25) is 0 Å². The Morgan fingerprint density at radius 1 is 1.00 bits per heavy atom. The van der Waals surface area contributed by atoms with Crippen LogP contribution in [-0.4, -0.2) is 22.3 Å². The van der Waals surface area contributed by atoms with Crippen molar-refractivity contribution in [2.75, 3.05) is 11.9 Å². The van der Waals surface area contributed by atoms with Crippen LogP contribution >= 0.6 is 12.2 Å². The number of thiocarbonyl (C=S) groups is 1. The molecule has 1 N–H and O–H groups in total. The van der Waals surface area contributed by atoms with Crippen molar-refractivity contribution in [3.05, 3.63) is 78.0 Å². The minimum Gasteiger partial charge on any atom is -0.332 e. The molecule has 0 fully saturated rings. The van der Waals surface area contributed by atoms with Gasteiger partial charge in [-0.25, -0.2) is 0 Å². The number of nitrogens with one attached hydrogen (secondary N) is 1. The smallest absolute Gasteiger partial charge is 0.190 e. The van der Waals surface area contributed by atoms with Gasteiger partial charge in [-0.2, -0.15) is 0 Å². The number of Topliss-reactive ketones (excluding diaryl/α,β-unsaturated/α-hetero) is 1. The maximum atomic E-state index is 12.6. The third-order valence-corrected chi connectivity index (χ3v) is 4.11. The number of carbonyl (C=O) groups is 1. The number of hydrogen-bond donors (Lipinski definition) is 1. The van der Waals surface area contributed by atoms with E-state index in [9.17, 15) is 4.79 Å². The Balaban J connectivity index is 1.74. The molecule has 1 aliphatic heterocycles. The second-order valence-corrected chi connectivity index (χ2v) is 5.83. The van der Waals surface area contributed by atoms with Gasteiger partial charge in [0, 0.05) is 29.6 Å². The number of hydrogen-bond acceptors (Lipinski definition) is 2. The third kappa shape index (κ3) is 3.85. The molecule has 3 rings (SSSR count). The number of nitrogens with zero attached hydrogens (tertiary/aromatic N) is 1. The molecule has 1 aliphatic rings. The number of para-hydroxylation sites is 1. The van der Waals surface area contributed by atoms with Crippen molar-refractivity contribution >= 4 is 28.8 Å². The van der Waals surface area contributed by atoms with Crippen molar-refractivity contribution in [2.24, 2.45) is 0 Å². The molecule has 0 radical (unpaired) electrons. The van der Waals surface area contributed by atoms with E-state index >= 15 is 0 Å². The summed E-state index contributed by atoms with van der Waals surface area (Å²) in [5.74, 6) is 0.0813. The minimum atomic E-state index is 0.0813. The second kappa shape index (κ2) is 7.20. The number of ketones is 1. The number of benzene rings is 2. The summed E-state index contributed by atoms with van der Waals surface area (Å²) in [4.78, 5) is 14.5. The average Bonchev–Trinajstić information content (AvgIpc) is 2.63. The maximum absolute atomic E-state index is 12.6. The fraction of sp³-hybridized carbons (Fsp3) is 0.158. The summed E-state index contributed by atoms with van der Waals surface area (Å²) in [6.07, 6.45) is 3.59. The molecule has 0 aliphatic carbocycles. The van der Waals surface area contributed by atoms with E-state index in [1.807, 2.05) is 71.8 Å². The van der Waals surface area contributed by atoms with Crippen LogP contribution in [0.3, 0.4) is 0 Å². The Labute approximate surface area is 141 Å². The highest BCUT2D eigenvalue weighted by Gasteiger charge is 2.19. The lowest BCUT2D eigenvalue weighted by molar-refractivity contribution is 0.102. The van der Waals surface area contributed by atoms with Crippen molar-refractivity contribution in [1.29, 1.82) is 0 Å². The monoisotopic (exact) mass is 322 g/mol. The van der Waals surface area contributed by atoms with Gasteiger partial charge in [0.25, 0.3) is 0 Å². The molecule has 2 aromatic carbocycles. The van der Waals surface area contributed by atoms with Gasteiger partial charge in [0.1, 0.15) is 0 Å². The summed E-state index contributed by atoms with van der Waals surface area (Å²) in [7, 11) is 0. The number of carbonyl (C=O) groups excluding carboxylic acids is 1. The van der Waals surface area contributed by atoms with Gasteiger partial charge < -0.3 is 10.2 Å². The highest BCUT2D eigenvalue weighted by atomic mass is 32.1. The van der Waals surface area contributed by atoms with Gasteiger partial charge in [-0.15, -0.1) is 0 Å². The Bertz CT molecular complexity index is 726. The SMILES string of the molecule is O=C(C1=CN(C(=S)Nc2ccccc2)CCC1)c1ccccc1. The second-order valence-electron chi connectivity index (χ2n) is 5.44. The fourth-order valence-corrected chi connectivity index (χ4v) is 2.84. The largest absolute Gasteiger partial charge is 0.332 e. The molecule has 0 spiro atoms. The van der Waals surface area contributed by atoms with Gasteiger partial charge in [-0.1, -0.05) is 48.5 Å². The minimum absolute atomic E-state index is 0.0813. The van der Waals surface area contributed by atoms with Crippen LogP contribution in [0.4, 0.5) is 5.69 Å². The topological polar surface area (TPSA) is 32.3 Å². The van der Waals surface area contributed by atoms with E-state index in [-0.39, 0.29) is 5.78 Å². The standard InChI is InChI=1S/C19H18N2OS/c22-18(15-8-3-1-4-9-15)16-10-7-13-21(14-16)19(23)20-17-11-5-2-6-12-17/h1-6,8-9,11-12,14H,7,10,13H2,(H,20,23). The normalized spacial score (nSPS) is 14.1. The number of allylic oxidation sites excluding steroid dienone is 1. The molecular formula is C19H18N2OS. The zero-order chi connectivity index (χ0) is 16.1. The van der Waals surface area contributed by atoms with Crippen LogP contribution in [0.25, 0.3) is 0 Å². The van der Waals surface area contributed by atoms with Crippen LogP contribution in [0.5, 0.6) is 0 Å². The van der Waals surface area contributed by atoms with Crippen molar-refractivity contribution in [3.63, 3.8) is 0 Å². The van der Waals surface area contributed by atoms with Crippen LogP contribution in [0.1, 0.15) is 23.2 Å². The van der Waals surface area contributed by atoms with Gasteiger partial charge in [-0.3, -0.25) is 4.79 Å². The first-order valence-corrected chi connectivity index (χ1v) is 8.08. The van der Waals surface area contributed by atoms with Crippen LogP contribution in [0.15, 0.2) is 72.4 Å². The number of rotatable bonds is 3. The molecular weight excluding hydrogens is 304 g/mol. The Hall–Kier alpha value is -2.46. The predicted molar refractivity (Wildman–Crippen MR) is 97.5 cm³/mol. The summed E-state index contributed by atoms with van der Waals surface area (Å²) in [5, 5.41) is 3.83. The lowest BCUT2D eigenvalue weighted by Crippen LogP contribution is -2.34. The van der Waals surface area contributed by atoms with Crippen LogP contribution in [-0.2, 0) is 0 Å². The highest BCUT2D eigenvalue weighted by Crippen LogP contribution is 2.20. The molecule has 0 aromatic heterocycles.